The summed E-state index contributed by atoms with van der Waals surface area (Å²) in [6.45, 7) is 0.00725. The molecule has 0 aliphatic carbocycles. The first-order valence-corrected chi connectivity index (χ1v) is 13.0. The molecular formula is C24H17F5N3OS3+. The fourth-order valence-corrected chi connectivity index (χ4v) is 7.14. The van der Waals surface area contributed by atoms with Crippen LogP contribution in [0.2, 0.25) is 0 Å². The molecule has 4 aromatic rings. The standard InChI is InChI=1S/C24H17F5N3OS3/c1-30-16-8-7-15(25)19(26)20(16)36-23(30)21-22(33)31(2)17(35-21)11-18-32(9-10-34-18)12-13-5-3-4-6-14(13)24(27,28)29/h3-11H,12H2,1-2H3/q+1/b23-21+. The molecule has 12 heteroatoms. The van der Waals surface area contributed by atoms with Gasteiger partial charge in [-0.25, -0.2) is 8.78 Å². The summed E-state index contributed by atoms with van der Waals surface area (Å²) >= 11 is 3.50. The van der Waals surface area contributed by atoms with Gasteiger partial charge in [0.05, 0.1) is 27.6 Å². The molecular weight excluding hydrogens is 537 g/mol. The Morgan fingerprint density at radius 1 is 1.08 bits per heavy atom. The lowest BCUT2D eigenvalue weighted by atomic mass is 10.1. The quantitative estimate of drug-likeness (QED) is 0.280. The number of nitrogens with zero attached hydrogens (tertiary/aromatic N) is 3. The smallest absolute Gasteiger partial charge is 0.337 e. The molecule has 0 unspecified atom stereocenters. The highest BCUT2D eigenvalue weighted by molar-refractivity contribution is 8.08. The largest absolute Gasteiger partial charge is 0.416 e. The van der Waals surface area contributed by atoms with Crippen LogP contribution in [0.3, 0.4) is 0 Å². The maximum absolute atomic E-state index is 14.3. The lowest BCUT2D eigenvalue weighted by Crippen LogP contribution is -2.36. The van der Waals surface area contributed by atoms with Gasteiger partial charge < -0.3 is 9.47 Å². The van der Waals surface area contributed by atoms with Crippen molar-refractivity contribution in [1.29, 1.82) is 0 Å². The molecule has 2 aromatic carbocycles. The van der Waals surface area contributed by atoms with Gasteiger partial charge in [-0.3, -0.25) is 4.79 Å². The minimum atomic E-state index is -4.47. The third-order valence-electron chi connectivity index (χ3n) is 5.75. The third-order valence-corrected chi connectivity index (χ3v) is 9.16. The summed E-state index contributed by atoms with van der Waals surface area (Å²) in [7, 11) is 3.28. The zero-order valence-corrected chi connectivity index (χ0v) is 21.2. The highest BCUT2D eigenvalue weighted by Gasteiger charge is 2.34. The summed E-state index contributed by atoms with van der Waals surface area (Å²) in [5.41, 5.74) is -0.397. The SMILES string of the molecule is CN1/C(=c2\s/c(=C\c3scc[n+]3Cc3ccccc3C(F)(F)F)n(C)c2=O)Sc2c1ccc(F)c2F. The van der Waals surface area contributed by atoms with Crippen LogP contribution in [-0.4, -0.2) is 11.6 Å². The number of anilines is 1. The lowest BCUT2D eigenvalue weighted by molar-refractivity contribution is -0.685. The number of alkyl halides is 3. The van der Waals surface area contributed by atoms with Gasteiger partial charge in [-0.1, -0.05) is 41.3 Å². The molecule has 0 fully saturated rings. The summed E-state index contributed by atoms with van der Waals surface area (Å²) < 4.78 is 72.5. The number of halogens is 5. The van der Waals surface area contributed by atoms with E-state index in [2.05, 4.69) is 0 Å². The van der Waals surface area contributed by atoms with E-state index in [-0.39, 0.29) is 22.6 Å². The van der Waals surface area contributed by atoms with Crippen LogP contribution in [0.5, 0.6) is 0 Å². The summed E-state index contributed by atoms with van der Waals surface area (Å²) in [4.78, 5) is 14.9. The van der Waals surface area contributed by atoms with Crippen molar-refractivity contribution in [2.45, 2.75) is 17.6 Å². The first-order valence-electron chi connectivity index (χ1n) is 10.5. The molecule has 2 aromatic heterocycles. The number of hydrogen-bond acceptors (Lipinski definition) is 5. The Bertz CT molecular complexity index is 1670. The highest BCUT2D eigenvalue weighted by atomic mass is 32.2. The zero-order valence-electron chi connectivity index (χ0n) is 18.8. The third kappa shape index (κ3) is 4.27. The maximum Gasteiger partial charge on any atom is 0.416 e. The predicted molar refractivity (Wildman–Crippen MR) is 131 cm³/mol. The predicted octanol–water partition coefficient (Wildman–Crippen LogP) is 4.28. The topological polar surface area (TPSA) is 29.1 Å². The molecule has 4 nitrogen and oxygen atoms in total. The number of aromatic nitrogens is 2. The molecule has 0 saturated heterocycles. The second kappa shape index (κ2) is 9.16. The van der Waals surface area contributed by atoms with Gasteiger partial charge in [-0.15, -0.1) is 11.3 Å². The lowest BCUT2D eigenvalue weighted by Gasteiger charge is -2.12. The number of thiazole rings is 2. The minimum Gasteiger partial charge on any atom is -0.337 e. The molecule has 0 amide bonds. The first kappa shape index (κ1) is 24.7. The Morgan fingerprint density at radius 2 is 1.83 bits per heavy atom. The molecule has 0 spiro atoms. The van der Waals surface area contributed by atoms with E-state index in [1.54, 1.807) is 47.3 Å². The Balaban J connectivity index is 1.57. The number of fused-ring (bicyclic) bond motifs is 1. The Kier molecular flexibility index (Phi) is 6.29. The van der Waals surface area contributed by atoms with E-state index in [0.29, 0.717) is 24.9 Å². The maximum atomic E-state index is 14.3. The summed E-state index contributed by atoms with van der Waals surface area (Å²) in [5, 5.41) is 2.90. The van der Waals surface area contributed by atoms with Crippen LogP contribution in [0.1, 0.15) is 16.1 Å². The molecule has 36 heavy (non-hydrogen) atoms. The van der Waals surface area contributed by atoms with Gasteiger partial charge in [0.2, 0.25) is 0 Å². The Labute approximate surface area is 213 Å². The monoisotopic (exact) mass is 554 g/mol. The van der Waals surface area contributed by atoms with E-state index < -0.39 is 23.4 Å². The average Bonchev–Trinajstić information content (AvgIpc) is 3.49. The Morgan fingerprint density at radius 3 is 2.58 bits per heavy atom. The van der Waals surface area contributed by atoms with Crippen molar-refractivity contribution in [3.63, 3.8) is 0 Å². The molecule has 0 N–H and O–H groups in total. The van der Waals surface area contributed by atoms with Gasteiger partial charge in [-0.05, 0) is 18.2 Å². The van der Waals surface area contributed by atoms with Crippen LogP contribution < -0.4 is 24.2 Å². The van der Waals surface area contributed by atoms with Crippen molar-refractivity contribution in [2.24, 2.45) is 7.05 Å². The van der Waals surface area contributed by atoms with E-state index in [0.717, 1.165) is 23.9 Å². The van der Waals surface area contributed by atoms with Gasteiger partial charge in [-0.2, -0.15) is 17.7 Å². The summed E-state index contributed by atoms with van der Waals surface area (Å²) in [6.07, 6.45) is -1.03. The number of thioether (sulfide) groups is 1. The fourth-order valence-electron chi connectivity index (χ4n) is 3.87. The number of hydrogen-bond donors (Lipinski definition) is 0. The fraction of sp³-hybridized carbons (Fsp3) is 0.167. The molecule has 0 radical (unpaired) electrons. The molecule has 0 bridgehead atoms. The molecule has 0 atom stereocenters. The van der Waals surface area contributed by atoms with Crippen molar-refractivity contribution in [1.82, 2.24) is 4.57 Å². The molecule has 5 rings (SSSR count). The van der Waals surface area contributed by atoms with E-state index in [4.69, 9.17) is 0 Å². The van der Waals surface area contributed by atoms with Gasteiger partial charge in [0.25, 0.3) is 10.6 Å². The van der Waals surface area contributed by atoms with Crippen LogP contribution >= 0.6 is 34.4 Å². The Hall–Kier alpha value is -2.96. The van der Waals surface area contributed by atoms with Crippen LogP contribution in [-0.2, 0) is 19.8 Å². The first-order chi connectivity index (χ1) is 17.1. The van der Waals surface area contributed by atoms with Crippen molar-refractivity contribution in [3.8, 4) is 0 Å². The summed E-state index contributed by atoms with van der Waals surface area (Å²) in [5.74, 6) is -1.92. The van der Waals surface area contributed by atoms with Gasteiger partial charge in [0.15, 0.2) is 24.4 Å². The second-order valence-electron chi connectivity index (χ2n) is 7.98. The van der Waals surface area contributed by atoms with Crippen LogP contribution in [0, 0.1) is 11.6 Å². The number of benzene rings is 2. The molecule has 1 aliphatic heterocycles. The van der Waals surface area contributed by atoms with Gasteiger partial charge >= 0.3 is 6.18 Å². The second-order valence-corrected chi connectivity index (χ2v) is 10.9. The molecule has 186 valence electrons. The van der Waals surface area contributed by atoms with Crippen LogP contribution in [0.25, 0.3) is 11.1 Å². The van der Waals surface area contributed by atoms with E-state index in [1.165, 1.54) is 45.4 Å². The summed E-state index contributed by atoms with van der Waals surface area (Å²) in [6, 6.07) is 7.93. The molecule has 0 saturated carbocycles. The van der Waals surface area contributed by atoms with Crippen molar-refractivity contribution < 1.29 is 26.5 Å². The van der Waals surface area contributed by atoms with E-state index >= 15 is 0 Å². The molecule has 3 heterocycles. The van der Waals surface area contributed by atoms with Crippen LogP contribution in [0.15, 0.2) is 57.7 Å². The average molecular weight is 555 g/mol. The number of rotatable bonds is 3. The van der Waals surface area contributed by atoms with E-state index in [1.807, 2.05) is 0 Å². The van der Waals surface area contributed by atoms with Crippen molar-refractivity contribution >= 4 is 51.2 Å². The van der Waals surface area contributed by atoms with Gasteiger partial charge in [0.1, 0.15) is 14.2 Å². The van der Waals surface area contributed by atoms with Crippen molar-refractivity contribution in [2.75, 3.05) is 11.9 Å². The minimum absolute atomic E-state index is 0.00725. The van der Waals surface area contributed by atoms with Crippen LogP contribution in [0.4, 0.5) is 27.6 Å². The normalized spacial score (nSPS) is 15.6. The zero-order chi connectivity index (χ0) is 25.8. The van der Waals surface area contributed by atoms with Crippen molar-refractivity contribution in [3.05, 3.63) is 95.3 Å². The molecule has 1 aliphatic rings. The highest BCUT2D eigenvalue weighted by Crippen LogP contribution is 2.47. The van der Waals surface area contributed by atoms with Gasteiger partial charge in [0, 0.05) is 19.7 Å². The van der Waals surface area contributed by atoms with E-state index in [9.17, 15) is 26.7 Å².